The molecule has 1 amide bonds. The van der Waals surface area contributed by atoms with Crippen LogP contribution in [-0.2, 0) is 0 Å². The first-order chi connectivity index (χ1) is 15.9. The Morgan fingerprint density at radius 1 is 0.939 bits per heavy atom. The van der Waals surface area contributed by atoms with Gasteiger partial charge in [0.2, 0.25) is 5.95 Å². The Balaban J connectivity index is 1.21. The molecule has 2 aromatic carbocycles. The van der Waals surface area contributed by atoms with Crippen LogP contribution in [0.25, 0.3) is 11.0 Å². The summed E-state index contributed by atoms with van der Waals surface area (Å²) >= 11 is 0. The lowest BCUT2D eigenvalue weighted by Crippen LogP contribution is -2.38. The fraction of sp³-hybridized carbons (Fsp3) is 0.308. The van der Waals surface area contributed by atoms with Gasteiger partial charge in [0.25, 0.3) is 5.91 Å². The van der Waals surface area contributed by atoms with E-state index in [-0.39, 0.29) is 5.91 Å². The first-order valence-corrected chi connectivity index (χ1v) is 11.4. The molecule has 0 radical (unpaired) electrons. The van der Waals surface area contributed by atoms with Gasteiger partial charge in [0, 0.05) is 41.6 Å². The molecule has 0 bridgehead atoms. The van der Waals surface area contributed by atoms with Gasteiger partial charge in [-0.3, -0.25) is 4.79 Å². The molecule has 0 spiro atoms. The Bertz CT molecular complexity index is 1280. The summed E-state index contributed by atoms with van der Waals surface area (Å²) in [6.07, 6.45) is 1.82. The third kappa shape index (κ3) is 4.58. The van der Waals surface area contributed by atoms with Crippen LogP contribution >= 0.6 is 0 Å². The number of amides is 1. The van der Waals surface area contributed by atoms with Crippen molar-refractivity contribution in [2.45, 2.75) is 39.5 Å². The highest BCUT2D eigenvalue weighted by atomic mass is 16.2. The summed E-state index contributed by atoms with van der Waals surface area (Å²) in [6, 6.07) is 15.7. The number of aryl methyl sites for hydroxylation is 3. The van der Waals surface area contributed by atoms with Crippen molar-refractivity contribution < 1.29 is 4.79 Å². The summed E-state index contributed by atoms with van der Waals surface area (Å²) in [4.78, 5) is 32.1. The van der Waals surface area contributed by atoms with E-state index in [4.69, 9.17) is 4.98 Å². The smallest absolute Gasteiger partial charge is 0.253 e. The average Bonchev–Trinajstić information content (AvgIpc) is 3.22. The molecule has 168 valence electrons. The van der Waals surface area contributed by atoms with E-state index in [1.165, 1.54) is 5.56 Å². The zero-order valence-corrected chi connectivity index (χ0v) is 19.2. The number of H-pyrrole nitrogens is 1. The van der Waals surface area contributed by atoms with E-state index < -0.39 is 0 Å². The highest BCUT2D eigenvalue weighted by Crippen LogP contribution is 2.29. The molecule has 5 rings (SSSR count). The van der Waals surface area contributed by atoms with E-state index in [2.05, 4.69) is 45.4 Å². The zero-order valence-electron chi connectivity index (χ0n) is 19.2. The molecule has 1 aliphatic rings. The lowest BCUT2D eigenvalue weighted by Gasteiger charge is -2.31. The van der Waals surface area contributed by atoms with E-state index in [9.17, 15) is 4.79 Å². The second-order valence-corrected chi connectivity index (χ2v) is 8.89. The molecular weight excluding hydrogens is 412 g/mol. The number of anilines is 2. The third-order valence-electron chi connectivity index (χ3n) is 6.19. The molecular formula is C26H28N6O. The normalized spacial score (nSPS) is 14.6. The summed E-state index contributed by atoms with van der Waals surface area (Å²) in [7, 11) is 0. The maximum absolute atomic E-state index is 13.0. The topological polar surface area (TPSA) is 86.8 Å². The molecule has 2 N–H and O–H groups in total. The van der Waals surface area contributed by atoms with Crippen LogP contribution in [0.1, 0.15) is 51.9 Å². The number of fused-ring (bicyclic) bond motifs is 1. The minimum atomic E-state index is 0.0721. The fourth-order valence-electron chi connectivity index (χ4n) is 4.48. The van der Waals surface area contributed by atoms with Crippen molar-refractivity contribution in [1.29, 1.82) is 0 Å². The second kappa shape index (κ2) is 8.65. The number of piperidine rings is 1. The number of aromatic nitrogens is 4. The van der Waals surface area contributed by atoms with Gasteiger partial charge in [-0.2, -0.15) is 0 Å². The first-order valence-electron chi connectivity index (χ1n) is 11.4. The minimum absolute atomic E-state index is 0.0721. The molecule has 0 aliphatic carbocycles. The predicted octanol–water partition coefficient (Wildman–Crippen LogP) is 5.04. The zero-order chi connectivity index (χ0) is 22.9. The van der Waals surface area contributed by atoms with Gasteiger partial charge in [-0.1, -0.05) is 6.07 Å². The van der Waals surface area contributed by atoms with E-state index in [1.54, 1.807) is 0 Å². The average molecular weight is 441 g/mol. The fourth-order valence-corrected chi connectivity index (χ4v) is 4.48. The van der Waals surface area contributed by atoms with Crippen molar-refractivity contribution in [3.63, 3.8) is 0 Å². The second-order valence-electron chi connectivity index (χ2n) is 8.89. The van der Waals surface area contributed by atoms with Crippen molar-refractivity contribution >= 4 is 28.6 Å². The van der Waals surface area contributed by atoms with Crippen LogP contribution in [0.4, 0.5) is 11.6 Å². The highest BCUT2D eigenvalue weighted by Gasteiger charge is 2.26. The molecule has 0 saturated carbocycles. The molecule has 1 saturated heterocycles. The molecule has 1 aliphatic heterocycles. The van der Waals surface area contributed by atoms with Crippen molar-refractivity contribution in [3.05, 3.63) is 76.9 Å². The van der Waals surface area contributed by atoms with Crippen LogP contribution in [-0.4, -0.2) is 43.8 Å². The van der Waals surface area contributed by atoms with Crippen LogP contribution < -0.4 is 5.32 Å². The Morgan fingerprint density at radius 2 is 1.64 bits per heavy atom. The van der Waals surface area contributed by atoms with Gasteiger partial charge in [0.1, 0.15) is 5.82 Å². The maximum Gasteiger partial charge on any atom is 0.253 e. The number of nitrogens with zero attached hydrogens (tertiary/aromatic N) is 4. The van der Waals surface area contributed by atoms with E-state index in [1.807, 2.05) is 49.1 Å². The summed E-state index contributed by atoms with van der Waals surface area (Å²) in [5.74, 6) is 2.02. The lowest BCUT2D eigenvalue weighted by atomic mass is 9.95. The van der Waals surface area contributed by atoms with Crippen LogP contribution in [0.3, 0.4) is 0 Å². The Labute approximate surface area is 193 Å². The molecule has 2 aromatic heterocycles. The molecule has 7 heteroatoms. The van der Waals surface area contributed by atoms with Crippen molar-refractivity contribution in [2.24, 2.45) is 0 Å². The monoisotopic (exact) mass is 440 g/mol. The Morgan fingerprint density at radius 3 is 2.33 bits per heavy atom. The van der Waals surface area contributed by atoms with Crippen molar-refractivity contribution in [2.75, 3.05) is 18.4 Å². The van der Waals surface area contributed by atoms with Crippen molar-refractivity contribution in [3.8, 4) is 0 Å². The van der Waals surface area contributed by atoms with Gasteiger partial charge in [-0.05, 0) is 81.6 Å². The number of carbonyl (C=O) groups is 1. The van der Waals surface area contributed by atoms with Gasteiger partial charge < -0.3 is 15.2 Å². The van der Waals surface area contributed by atoms with Crippen LogP contribution in [0.15, 0.2) is 48.5 Å². The molecule has 0 atom stereocenters. The Hall–Kier alpha value is -3.74. The summed E-state index contributed by atoms with van der Waals surface area (Å²) in [6.45, 7) is 7.44. The summed E-state index contributed by atoms with van der Waals surface area (Å²) in [5, 5.41) is 3.21. The van der Waals surface area contributed by atoms with Gasteiger partial charge in [0.15, 0.2) is 0 Å². The predicted molar refractivity (Wildman–Crippen MR) is 130 cm³/mol. The molecule has 0 unspecified atom stereocenters. The number of hydrogen-bond acceptors (Lipinski definition) is 5. The third-order valence-corrected chi connectivity index (χ3v) is 6.19. The van der Waals surface area contributed by atoms with E-state index in [0.717, 1.165) is 59.9 Å². The number of rotatable bonds is 4. The summed E-state index contributed by atoms with van der Waals surface area (Å²) < 4.78 is 0. The molecule has 1 fully saturated rings. The number of benzene rings is 2. The first kappa shape index (κ1) is 21.1. The maximum atomic E-state index is 13.0. The molecule has 3 heterocycles. The largest absolute Gasteiger partial charge is 0.342 e. The number of nitrogens with one attached hydrogen (secondary N) is 2. The standard InChI is InChI=1S/C26H28N6O/c1-16-4-9-22-23(14-16)31-24(30-22)19-10-12-32(13-11-19)25(33)20-5-7-21(8-6-20)29-26-27-17(2)15-18(3)28-26/h4-9,14-15,19H,10-13H2,1-3H3,(H,30,31)(H,27,28,29). The van der Waals surface area contributed by atoms with Crippen LogP contribution in [0.2, 0.25) is 0 Å². The molecule has 4 aromatic rings. The highest BCUT2D eigenvalue weighted by molar-refractivity contribution is 5.94. The van der Waals surface area contributed by atoms with Crippen LogP contribution in [0, 0.1) is 20.8 Å². The SMILES string of the molecule is Cc1ccc2nc(C3CCN(C(=O)c4ccc(Nc5nc(C)cc(C)n5)cc4)CC3)[nH]c2c1. The van der Waals surface area contributed by atoms with Gasteiger partial charge in [0.05, 0.1) is 11.0 Å². The lowest BCUT2D eigenvalue weighted by molar-refractivity contribution is 0.0711. The quantitative estimate of drug-likeness (QED) is 0.464. The number of aromatic amines is 1. The Kier molecular flexibility index (Phi) is 5.54. The van der Waals surface area contributed by atoms with Crippen molar-refractivity contribution in [1.82, 2.24) is 24.8 Å². The van der Waals surface area contributed by atoms with E-state index in [0.29, 0.717) is 17.4 Å². The number of hydrogen-bond donors (Lipinski definition) is 2. The number of likely N-dealkylation sites (tertiary alicyclic amines) is 1. The van der Waals surface area contributed by atoms with Gasteiger partial charge in [-0.15, -0.1) is 0 Å². The van der Waals surface area contributed by atoms with Crippen LogP contribution in [0.5, 0.6) is 0 Å². The molecule has 33 heavy (non-hydrogen) atoms. The number of imidazole rings is 1. The summed E-state index contributed by atoms with van der Waals surface area (Å²) in [5.41, 5.74) is 6.70. The minimum Gasteiger partial charge on any atom is -0.342 e. The number of carbonyl (C=O) groups excluding carboxylic acids is 1. The van der Waals surface area contributed by atoms with E-state index >= 15 is 0 Å². The molecule has 7 nitrogen and oxygen atoms in total. The van der Waals surface area contributed by atoms with Gasteiger partial charge >= 0.3 is 0 Å². The van der Waals surface area contributed by atoms with Gasteiger partial charge in [-0.25, -0.2) is 15.0 Å².